The van der Waals surface area contributed by atoms with Crippen LogP contribution in [-0.2, 0) is 24.7 Å². The van der Waals surface area contributed by atoms with Crippen LogP contribution in [0.3, 0.4) is 0 Å². The van der Waals surface area contributed by atoms with Crippen LogP contribution >= 0.6 is 11.6 Å². The Labute approximate surface area is 225 Å². The average molecular weight is 546 g/mol. The molecule has 38 heavy (non-hydrogen) atoms. The summed E-state index contributed by atoms with van der Waals surface area (Å²) in [5.41, 5.74) is 0.0808. The molecule has 0 atom stereocenters. The van der Waals surface area contributed by atoms with Gasteiger partial charge in [-0.15, -0.1) is 0 Å². The molecular weight excluding hydrogens is 516 g/mol. The smallest absolute Gasteiger partial charge is 0.313 e. The largest absolute Gasteiger partial charge is 0.423 e. The first-order chi connectivity index (χ1) is 17.9. The Morgan fingerprint density at radius 3 is 2.39 bits per heavy atom. The van der Waals surface area contributed by atoms with E-state index in [-0.39, 0.29) is 46.0 Å². The third-order valence-electron chi connectivity index (χ3n) is 6.24. The fourth-order valence-corrected chi connectivity index (χ4v) is 4.19. The number of hydrogen-bond acceptors (Lipinski definition) is 5. The maximum atomic E-state index is 15.4. The third kappa shape index (κ3) is 5.93. The highest BCUT2D eigenvalue weighted by atomic mass is 35.5. The standard InChI is InChI=1S/C28H30ClF2N3O4/c1-7-33(5)26(35)19-11-9-17(14-22(19)31)8-10-18-20(29)12-13-21(30)23(18)24-25(38-28(37)15(2)3)16(4)32-34(6)27(24)36/h9,11-15H,7-8,10H2,1-6H3. The van der Waals surface area contributed by atoms with Gasteiger partial charge in [-0.2, -0.15) is 5.10 Å². The number of benzene rings is 2. The number of aryl methyl sites for hydroxylation is 3. The van der Waals surface area contributed by atoms with E-state index in [4.69, 9.17) is 16.3 Å². The van der Waals surface area contributed by atoms with E-state index in [1.807, 2.05) is 0 Å². The second-order valence-electron chi connectivity index (χ2n) is 9.31. The lowest BCUT2D eigenvalue weighted by Crippen LogP contribution is -2.27. The Kier molecular flexibility index (Phi) is 9.04. The molecule has 3 rings (SSSR count). The molecule has 0 fully saturated rings. The molecule has 1 amide bonds. The number of carbonyl (C=O) groups excluding carboxylic acids is 2. The minimum Gasteiger partial charge on any atom is -0.423 e. The predicted octanol–water partition coefficient (Wildman–Crippen LogP) is 5.13. The van der Waals surface area contributed by atoms with E-state index in [1.54, 1.807) is 40.8 Å². The van der Waals surface area contributed by atoms with Crippen molar-refractivity contribution in [3.8, 4) is 16.9 Å². The molecule has 3 aromatic rings. The summed E-state index contributed by atoms with van der Waals surface area (Å²) in [6, 6.07) is 6.80. The summed E-state index contributed by atoms with van der Waals surface area (Å²) in [6.07, 6.45) is 0.367. The van der Waals surface area contributed by atoms with Gasteiger partial charge in [0.2, 0.25) is 0 Å². The van der Waals surface area contributed by atoms with Crippen LogP contribution < -0.4 is 10.3 Å². The van der Waals surface area contributed by atoms with Crippen LogP contribution in [0.5, 0.6) is 5.75 Å². The molecule has 0 aliphatic rings. The Hall–Kier alpha value is -3.59. The van der Waals surface area contributed by atoms with Gasteiger partial charge in [-0.3, -0.25) is 14.4 Å². The summed E-state index contributed by atoms with van der Waals surface area (Å²) in [5.74, 6) is -3.07. The van der Waals surface area contributed by atoms with Gasteiger partial charge in [0.05, 0.1) is 17.0 Å². The zero-order valence-corrected chi connectivity index (χ0v) is 22.9. The van der Waals surface area contributed by atoms with Crippen molar-refractivity contribution in [3.05, 3.63) is 79.7 Å². The number of nitrogens with zero attached hydrogens (tertiary/aromatic N) is 3. The number of amides is 1. The molecule has 10 heteroatoms. The Balaban J connectivity index is 2.09. The molecule has 0 saturated carbocycles. The summed E-state index contributed by atoms with van der Waals surface area (Å²) in [5, 5.41) is 4.29. The first-order valence-corrected chi connectivity index (χ1v) is 12.6. The lowest BCUT2D eigenvalue weighted by molar-refractivity contribution is -0.137. The zero-order valence-electron chi connectivity index (χ0n) is 22.2. The highest BCUT2D eigenvalue weighted by molar-refractivity contribution is 6.31. The van der Waals surface area contributed by atoms with Gasteiger partial charge in [0.15, 0.2) is 5.75 Å². The van der Waals surface area contributed by atoms with Gasteiger partial charge in [-0.25, -0.2) is 13.5 Å². The van der Waals surface area contributed by atoms with Gasteiger partial charge in [0, 0.05) is 31.2 Å². The van der Waals surface area contributed by atoms with E-state index >= 15 is 4.39 Å². The number of halogens is 3. The number of ether oxygens (including phenoxy) is 1. The average Bonchev–Trinajstić information content (AvgIpc) is 2.87. The Morgan fingerprint density at radius 2 is 1.79 bits per heavy atom. The summed E-state index contributed by atoms with van der Waals surface area (Å²) in [6.45, 7) is 7.04. The van der Waals surface area contributed by atoms with Crippen molar-refractivity contribution in [2.75, 3.05) is 13.6 Å². The fraction of sp³-hybridized carbons (Fsp3) is 0.357. The van der Waals surface area contributed by atoms with Crippen molar-refractivity contribution in [1.29, 1.82) is 0 Å². The highest BCUT2D eigenvalue weighted by Crippen LogP contribution is 2.37. The minimum absolute atomic E-state index is 0.0463. The molecule has 0 radical (unpaired) electrons. The van der Waals surface area contributed by atoms with Crippen molar-refractivity contribution in [2.45, 2.75) is 40.5 Å². The molecule has 0 bridgehead atoms. The molecule has 0 spiro atoms. The molecular formula is C28H30ClF2N3O4. The topological polar surface area (TPSA) is 81.5 Å². The SMILES string of the molecule is CCN(C)C(=O)c1ccc(CCc2c(Cl)ccc(F)c2-c2c(OC(=O)C(C)C)c(C)nn(C)c2=O)cc1F. The first-order valence-electron chi connectivity index (χ1n) is 12.2. The molecule has 0 aliphatic carbocycles. The van der Waals surface area contributed by atoms with E-state index in [1.165, 1.54) is 30.1 Å². The Morgan fingerprint density at radius 1 is 1.11 bits per heavy atom. The van der Waals surface area contributed by atoms with Crippen molar-refractivity contribution in [2.24, 2.45) is 13.0 Å². The molecule has 1 heterocycles. The van der Waals surface area contributed by atoms with E-state index in [2.05, 4.69) is 5.10 Å². The van der Waals surface area contributed by atoms with Crippen LogP contribution in [0.25, 0.3) is 11.1 Å². The normalized spacial score (nSPS) is 11.1. The molecule has 202 valence electrons. The minimum atomic E-state index is -0.733. The molecule has 0 unspecified atom stereocenters. The monoisotopic (exact) mass is 545 g/mol. The van der Waals surface area contributed by atoms with Crippen LogP contribution in [0.15, 0.2) is 35.1 Å². The molecule has 7 nitrogen and oxygen atoms in total. The number of hydrogen-bond donors (Lipinski definition) is 0. The third-order valence-corrected chi connectivity index (χ3v) is 6.60. The van der Waals surface area contributed by atoms with Crippen LogP contribution in [0.4, 0.5) is 8.78 Å². The molecule has 0 aliphatic heterocycles. The van der Waals surface area contributed by atoms with Crippen LogP contribution in [0.2, 0.25) is 5.02 Å². The maximum absolute atomic E-state index is 15.4. The quantitative estimate of drug-likeness (QED) is 0.367. The molecule has 0 saturated heterocycles. The van der Waals surface area contributed by atoms with Gasteiger partial charge in [-0.1, -0.05) is 31.5 Å². The van der Waals surface area contributed by atoms with Crippen molar-refractivity contribution < 1.29 is 23.1 Å². The number of esters is 1. The van der Waals surface area contributed by atoms with Gasteiger partial charge in [0.1, 0.15) is 17.3 Å². The molecule has 0 N–H and O–H groups in total. The summed E-state index contributed by atoms with van der Waals surface area (Å²) in [7, 11) is 3.00. The number of aromatic nitrogens is 2. The first kappa shape index (κ1) is 29.0. The zero-order chi connectivity index (χ0) is 28.3. The number of rotatable bonds is 8. The maximum Gasteiger partial charge on any atom is 0.313 e. The van der Waals surface area contributed by atoms with E-state index in [9.17, 15) is 18.8 Å². The fourth-order valence-electron chi connectivity index (χ4n) is 3.93. The lowest BCUT2D eigenvalue weighted by atomic mass is 9.94. The van der Waals surface area contributed by atoms with Gasteiger partial charge in [0.25, 0.3) is 11.5 Å². The summed E-state index contributed by atoms with van der Waals surface area (Å²) in [4.78, 5) is 39.4. The van der Waals surface area contributed by atoms with E-state index in [0.29, 0.717) is 17.7 Å². The molecule has 2 aromatic carbocycles. The predicted molar refractivity (Wildman–Crippen MR) is 142 cm³/mol. The lowest BCUT2D eigenvalue weighted by Gasteiger charge is -2.18. The van der Waals surface area contributed by atoms with Crippen molar-refractivity contribution in [1.82, 2.24) is 14.7 Å². The second kappa shape index (κ2) is 11.9. The Bertz CT molecular complexity index is 1450. The van der Waals surface area contributed by atoms with Crippen molar-refractivity contribution >= 4 is 23.5 Å². The summed E-state index contributed by atoms with van der Waals surface area (Å²) >= 11 is 6.48. The summed E-state index contributed by atoms with van der Waals surface area (Å²) < 4.78 is 36.7. The van der Waals surface area contributed by atoms with Crippen LogP contribution in [0, 0.1) is 24.5 Å². The van der Waals surface area contributed by atoms with Crippen molar-refractivity contribution in [3.63, 3.8) is 0 Å². The van der Waals surface area contributed by atoms with Crippen LogP contribution in [0.1, 0.15) is 48.0 Å². The highest BCUT2D eigenvalue weighted by Gasteiger charge is 2.27. The number of carbonyl (C=O) groups is 2. The van der Waals surface area contributed by atoms with Gasteiger partial charge in [-0.05, 0) is 62.1 Å². The van der Waals surface area contributed by atoms with Crippen LogP contribution in [-0.4, -0.2) is 40.1 Å². The van der Waals surface area contributed by atoms with Gasteiger partial charge < -0.3 is 9.64 Å². The second-order valence-corrected chi connectivity index (χ2v) is 9.72. The van der Waals surface area contributed by atoms with Gasteiger partial charge >= 0.3 is 5.97 Å². The van der Waals surface area contributed by atoms with E-state index < -0.39 is 35.0 Å². The molecule has 1 aromatic heterocycles. The van der Waals surface area contributed by atoms with E-state index in [0.717, 1.165) is 10.7 Å².